The number of hydrogen-bond donors (Lipinski definition) is 1. The highest BCUT2D eigenvalue weighted by atomic mass is 19.3. The first-order chi connectivity index (χ1) is 18.3. The van der Waals surface area contributed by atoms with Crippen LogP contribution in [0.2, 0.25) is 0 Å². The number of alkyl halides is 3. The number of methoxy groups -OCH3 is 1. The largest absolute Gasteiger partial charge is 0.479 e. The van der Waals surface area contributed by atoms with E-state index < -0.39 is 31.2 Å². The number of nitrogens with one attached hydrogen (secondary N) is 1. The van der Waals surface area contributed by atoms with Crippen LogP contribution in [0.25, 0.3) is 27.7 Å². The Morgan fingerprint density at radius 2 is 2.11 bits per heavy atom. The summed E-state index contributed by atoms with van der Waals surface area (Å²) in [5, 5.41) is 7.64. The maximum absolute atomic E-state index is 15.1. The molecule has 12 heteroatoms. The van der Waals surface area contributed by atoms with Gasteiger partial charge in [-0.15, -0.1) is 5.10 Å². The van der Waals surface area contributed by atoms with Crippen LogP contribution in [0, 0.1) is 6.92 Å². The smallest absolute Gasteiger partial charge is 0.256 e. The van der Waals surface area contributed by atoms with Crippen LogP contribution in [-0.4, -0.2) is 87.1 Å². The summed E-state index contributed by atoms with van der Waals surface area (Å²) in [6.07, 6.45) is -1.46. The number of aryl methyl sites for hydroxylation is 1. The zero-order valence-corrected chi connectivity index (χ0v) is 20.5. The molecule has 3 aromatic heterocycles. The molecule has 0 bridgehead atoms. The predicted molar refractivity (Wildman–Crippen MR) is 132 cm³/mol. The lowest BCUT2D eigenvalue weighted by molar-refractivity contribution is -0.0794. The van der Waals surface area contributed by atoms with E-state index in [1.165, 1.54) is 11.7 Å². The minimum Gasteiger partial charge on any atom is -0.479 e. The fraction of sp³-hybridized carbons (Fsp3) is 0.480. The monoisotopic (exact) mass is 516 g/mol. The summed E-state index contributed by atoms with van der Waals surface area (Å²) >= 11 is 0. The number of ether oxygens (including phenoxy) is 2. The van der Waals surface area contributed by atoms with E-state index in [-0.39, 0.29) is 12.5 Å². The number of likely N-dealkylation sites (tertiary alicyclic amines) is 1. The van der Waals surface area contributed by atoms with E-state index in [9.17, 15) is 8.78 Å². The molecule has 37 heavy (non-hydrogen) atoms. The van der Waals surface area contributed by atoms with Crippen LogP contribution in [0.3, 0.4) is 0 Å². The average molecular weight is 517 g/mol. The van der Waals surface area contributed by atoms with Crippen molar-refractivity contribution in [2.75, 3.05) is 38.7 Å². The Kier molecular flexibility index (Phi) is 5.85. The molecular weight excluding hydrogens is 487 g/mol. The number of nitrogens with zero attached hydrogens (tertiary/aromatic N) is 6. The minimum atomic E-state index is -2.50. The maximum atomic E-state index is 15.1. The first kappa shape index (κ1) is 22.8. The van der Waals surface area contributed by atoms with Crippen molar-refractivity contribution in [2.45, 2.75) is 44.5 Å². The van der Waals surface area contributed by atoms with Gasteiger partial charge in [-0.3, -0.25) is 4.90 Å². The van der Waals surface area contributed by atoms with Gasteiger partial charge in [0.2, 0.25) is 11.8 Å². The third-order valence-corrected chi connectivity index (χ3v) is 7.08. The van der Waals surface area contributed by atoms with Gasteiger partial charge in [0.25, 0.3) is 6.43 Å². The molecule has 6 rings (SSSR count). The highest BCUT2D eigenvalue weighted by Gasteiger charge is 2.35. The second kappa shape index (κ2) is 9.49. The summed E-state index contributed by atoms with van der Waals surface area (Å²) in [7, 11) is 1.50. The van der Waals surface area contributed by atoms with Gasteiger partial charge in [0.15, 0.2) is 0 Å². The van der Waals surface area contributed by atoms with Crippen LogP contribution in [0.4, 0.5) is 19.1 Å². The third-order valence-electron chi connectivity index (χ3n) is 7.08. The van der Waals surface area contributed by atoms with Crippen LogP contribution in [0.5, 0.6) is 5.88 Å². The van der Waals surface area contributed by atoms with Gasteiger partial charge in [0.1, 0.15) is 17.5 Å². The number of anilines is 1. The molecule has 2 fully saturated rings. The van der Waals surface area contributed by atoms with Crippen molar-refractivity contribution < 1.29 is 24.0 Å². The second-order valence-electron chi connectivity index (χ2n) is 9.39. The van der Waals surface area contributed by atoms with E-state index >= 15 is 4.39 Å². The molecule has 0 saturated carbocycles. The Balaban J connectivity index is 1.29. The summed E-state index contributed by atoms with van der Waals surface area (Å²) < 4.78 is 63.6. The fourth-order valence-electron chi connectivity index (χ4n) is 5.10. The molecular formula is C25H28F3N7O2. The average Bonchev–Trinajstić information content (AvgIpc) is 3.43. The number of halogens is 3. The number of benzene rings is 1. The van der Waals surface area contributed by atoms with Gasteiger partial charge in [-0.2, -0.15) is 4.98 Å². The molecule has 196 valence electrons. The van der Waals surface area contributed by atoms with E-state index in [1.54, 1.807) is 23.7 Å². The molecule has 2 saturated heterocycles. The van der Waals surface area contributed by atoms with Crippen molar-refractivity contribution in [2.24, 2.45) is 0 Å². The van der Waals surface area contributed by atoms with Crippen LogP contribution in [0.15, 0.2) is 30.5 Å². The maximum Gasteiger partial charge on any atom is 0.256 e. The lowest BCUT2D eigenvalue weighted by atomic mass is 10.0. The molecule has 2 atom stereocenters. The van der Waals surface area contributed by atoms with Gasteiger partial charge in [-0.05, 0) is 37.1 Å². The van der Waals surface area contributed by atoms with E-state index in [1.807, 2.05) is 23.1 Å². The van der Waals surface area contributed by atoms with Gasteiger partial charge < -0.3 is 19.4 Å². The number of piperidine rings is 1. The van der Waals surface area contributed by atoms with Crippen molar-refractivity contribution in [1.82, 2.24) is 29.0 Å². The third kappa shape index (κ3) is 4.37. The quantitative estimate of drug-likeness (QED) is 0.402. The van der Waals surface area contributed by atoms with E-state index in [0.29, 0.717) is 54.4 Å². The zero-order chi connectivity index (χ0) is 26.6. The Hall–Kier alpha value is -3.38. The lowest BCUT2D eigenvalue weighted by Crippen LogP contribution is -2.57. The van der Waals surface area contributed by atoms with E-state index in [2.05, 4.69) is 20.4 Å². The molecule has 4 aromatic rings. The molecule has 0 spiro atoms. The number of rotatable bonds is 7. The summed E-state index contributed by atoms with van der Waals surface area (Å²) in [5.74, 6) is 1.04. The molecule has 1 N–H and O–H groups in total. The summed E-state index contributed by atoms with van der Waals surface area (Å²) in [6, 6.07) is 6.00. The number of hydrogen-bond acceptors (Lipinski definition) is 7. The number of imidazole rings is 1. The molecule has 0 aliphatic carbocycles. The summed E-state index contributed by atoms with van der Waals surface area (Å²) in [6.45, 7) is 2.58. The van der Waals surface area contributed by atoms with Crippen LogP contribution in [-0.2, 0) is 11.3 Å². The van der Waals surface area contributed by atoms with Crippen molar-refractivity contribution >= 4 is 22.5 Å². The lowest BCUT2D eigenvalue weighted by Gasteiger charge is -2.42. The van der Waals surface area contributed by atoms with Crippen LogP contribution in [0.1, 0.15) is 13.6 Å². The Labute approximate surface area is 212 Å². The first-order valence-electron chi connectivity index (χ1n) is 12.7. The topological polar surface area (TPSA) is 81.7 Å². The molecule has 2 aliphatic heterocycles. The minimum absolute atomic E-state index is 0.141. The predicted octanol–water partition coefficient (Wildman–Crippen LogP) is 3.55. The Morgan fingerprint density at radius 3 is 2.81 bits per heavy atom. The van der Waals surface area contributed by atoms with Crippen molar-refractivity contribution in [3.8, 4) is 17.0 Å². The highest BCUT2D eigenvalue weighted by Crippen LogP contribution is 2.34. The molecule has 5 heterocycles. The van der Waals surface area contributed by atoms with Crippen molar-refractivity contribution in [1.29, 1.82) is 0 Å². The molecule has 2 aliphatic rings. The van der Waals surface area contributed by atoms with Gasteiger partial charge in [0.05, 0.1) is 51.3 Å². The normalized spacial score (nSPS) is 22.4. The Bertz CT molecular complexity index is 1490. The SMILES string of the molecule is [2H]C1(N2CC[C@@H](Nc3nc(OC)c4c(-c5ccc6nc(C)n(CC(F)F)c6c5)ccn4n3)[C@@H](F)C2)COC1. The fourth-order valence-corrected chi connectivity index (χ4v) is 5.10. The Morgan fingerprint density at radius 1 is 1.27 bits per heavy atom. The molecule has 0 amide bonds. The summed E-state index contributed by atoms with van der Waals surface area (Å²) in [4.78, 5) is 10.7. The van der Waals surface area contributed by atoms with E-state index in [4.69, 9.17) is 10.8 Å². The van der Waals surface area contributed by atoms with Gasteiger partial charge in [0, 0.05) is 24.8 Å². The van der Waals surface area contributed by atoms with Crippen LogP contribution >= 0.6 is 0 Å². The zero-order valence-electron chi connectivity index (χ0n) is 21.5. The van der Waals surface area contributed by atoms with Crippen LogP contribution < -0.4 is 10.1 Å². The molecule has 1 aromatic carbocycles. The van der Waals surface area contributed by atoms with Crippen molar-refractivity contribution in [3.63, 3.8) is 0 Å². The molecule has 9 nitrogen and oxygen atoms in total. The van der Waals surface area contributed by atoms with Crippen molar-refractivity contribution in [3.05, 3.63) is 36.3 Å². The van der Waals surface area contributed by atoms with Gasteiger partial charge in [-0.25, -0.2) is 22.7 Å². The standard InChI is InChI=1S/C25H28F3N7O2/c1-14-29-20-4-3-15(9-21(20)34(14)11-22(27)28)17-5-8-35-23(17)24(36-2)31-25(32-35)30-19-6-7-33(10-18(19)26)16-12-37-13-16/h3-5,8-9,16,18-19,22H,6-7,10-13H2,1-2H3,(H,30,32)/t18-,19+/m0/s1/i16D. The second-order valence-corrected chi connectivity index (χ2v) is 9.39. The number of fused-ring (bicyclic) bond motifs is 2. The molecule has 0 radical (unpaired) electrons. The van der Waals surface area contributed by atoms with E-state index in [0.717, 1.165) is 11.1 Å². The van der Waals surface area contributed by atoms with Gasteiger partial charge in [-0.1, -0.05) is 6.07 Å². The van der Waals surface area contributed by atoms with Gasteiger partial charge >= 0.3 is 0 Å². The molecule has 0 unspecified atom stereocenters. The summed E-state index contributed by atoms with van der Waals surface area (Å²) in [5.41, 5.74) is 3.39. The highest BCUT2D eigenvalue weighted by molar-refractivity contribution is 5.89. The first-order valence-corrected chi connectivity index (χ1v) is 12.2. The number of aromatic nitrogens is 5.